The highest BCUT2D eigenvalue weighted by molar-refractivity contribution is 5.69. The standard InChI is InChI=1S/C20H30O4/c1-13-12-20(4,5)24-17-11-15(16(21)10-14(13)17)19(2,3)9-7-8-18(22)23-6/h10-11,13,21H,7-9,12H2,1-6H3. The molecule has 0 aliphatic carbocycles. The molecule has 1 aromatic rings. The first-order valence-electron chi connectivity index (χ1n) is 8.69. The first kappa shape index (κ1) is 18.6. The Hall–Kier alpha value is -1.71. The first-order chi connectivity index (χ1) is 11.1. The molecule has 1 heterocycles. The number of hydrogen-bond acceptors (Lipinski definition) is 4. The summed E-state index contributed by atoms with van der Waals surface area (Å²) < 4.78 is 10.9. The number of methoxy groups -OCH3 is 1. The van der Waals surface area contributed by atoms with Crippen LogP contribution in [0.2, 0.25) is 0 Å². The van der Waals surface area contributed by atoms with Crippen molar-refractivity contribution in [1.29, 1.82) is 0 Å². The average Bonchev–Trinajstić information content (AvgIpc) is 2.46. The maximum Gasteiger partial charge on any atom is 0.305 e. The smallest absolute Gasteiger partial charge is 0.305 e. The molecule has 1 aliphatic heterocycles. The van der Waals surface area contributed by atoms with E-state index < -0.39 is 0 Å². The van der Waals surface area contributed by atoms with E-state index in [1.807, 2.05) is 12.1 Å². The van der Waals surface area contributed by atoms with Gasteiger partial charge < -0.3 is 14.6 Å². The second-order valence-corrected chi connectivity index (χ2v) is 8.19. The summed E-state index contributed by atoms with van der Waals surface area (Å²) in [7, 11) is 1.41. The molecule has 4 nitrogen and oxygen atoms in total. The number of esters is 1. The molecule has 1 aromatic carbocycles. The summed E-state index contributed by atoms with van der Waals surface area (Å²) in [6.07, 6.45) is 2.83. The van der Waals surface area contributed by atoms with Gasteiger partial charge in [0.15, 0.2) is 0 Å². The van der Waals surface area contributed by atoms with Crippen molar-refractivity contribution in [3.8, 4) is 11.5 Å². The highest BCUT2D eigenvalue weighted by Gasteiger charge is 2.34. The van der Waals surface area contributed by atoms with Gasteiger partial charge in [0, 0.05) is 17.5 Å². The van der Waals surface area contributed by atoms with Gasteiger partial charge >= 0.3 is 5.97 Å². The van der Waals surface area contributed by atoms with Crippen molar-refractivity contribution in [2.45, 2.75) is 77.2 Å². The third-order valence-electron chi connectivity index (χ3n) is 4.98. The third-order valence-corrected chi connectivity index (χ3v) is 4.98. The number of benzene rings is 1. The van der Waals surface area contributed by atoms with Crippen LogP contribution in [-0.4, -0.2) is 23.8 Å². The Morgan fingerprint density at radius 1 is 1.42 bits per heavy atom. The summed E-state index contributed by atoms with van der Waals surface area (Å²) in [5.74, 6) is 1.34. The lowest BCUT2D eigenvalue weighted by Crippen LogP contribution is -2.34. The molecule has 4 heteroatoms. The van der Waals surface area contributed by atoms with Crippen molar-refractivity contribution in [3.63, 3.8) is 0 Å². The molecule has 0 aromatic heterocycles. The van der Waals surface area contributed by atoms with Gasteiger partial charge in [0.05, 0.1) is 7.11 Å². The van der Waals surface area contributed by atoms with Gasteiger partial charge in [0.1, 0.15) is 17.1 Å². The number of carbonyl (C=O) groups excluding carboxylic acids is 1. The molecule has 0 bridgehead atoms. The molecule has 2 rings (SSSR count). The van der Waals surface area contributed by atoms with Crippen molar-refractivity contribution >= 4 is 5.97 Å². The fraction of sp³-hybridized carbons (Fsp3) is 0.650. The fourth-order valence-electron chi connectivity index (χ4n) is 3.70. The molecule has 0 saturated carbocycles. The first-order valence-corrected chi connectivity index (χ1v) is 8.69. The lowest BCUT2D eigenvalue weighted by molar-refractivity contribution is -0.140. The van der Waals surface area contributed by atoms with Crippen LogP contribution in [0.25, 0.3) is 0 Å². The normalized spacial score (nSPS) is 19.3. The zero-order valence-electron chi connectivity index (χ0n) is 15.7. The Labute approximate surface area is 145 Å². The van der Waals surface area contributed by atoms with Crippen LogP contribution in [0.15, 0.2) is 12.1 Å². The summed E-state index contributed by atoms with van der Waals surface area (Å²) in [5.41, 5.74) is 1.49. The number of fused-ring (bicyclic) bond motifs is 1. The molecular formula is C20H30O4. The molecule has 1 N–H and O–H groups in total. The molecule has 0 radical (unpaired) electrons. The van der Waals surface area contributed by atoms with Crippen LogP contribution in [0.1, 0.15) is 77.3 Å². The van der Waals surface area contributed by atoms with Crippen LogP contribution < -0.4 is 4.74 Å². The number of phenols is 1. The Kier molecular flexibility index (Phi) is 5.17. The summed E-state index contributed by atoms with van der Waals surface area (Å²) in [6, 6.07) is 3.84. The van der Waals surface area contributed by atoms with E-state index in [9.17, 15) is 9.90 Å². The Balaban J connectivity index is 2.25. The minimum atomic E-state index is -0.249. The van der Waals surface area contributed by atoms with E-state index in [0.717, 1.165) is 36.1 Å². The number of rotatable bonds is 5. The molecule has 0 fully saturated rings. The Morgan fingerprint density at radius 3 is 2.71 bits per heavy atom. The molecule has 24 heavy (non-hydrogen) atoms. The Morgan fingerprint density at radius 2 is 2.08 bits per heavy atom. The van der Waals surface area contributed by atoms with Gasteiger partial charge in [0.2, 0.25) is 0 Å². The van der Waals surface area contributed by atoms with Crippen LogP contribution >= 0.6 is 0 Å². The highest BCUT2D eigenvalue weighted by atomic mass is 16.5. The molecule has 1 atom stereocenters. The van der Waals surface area contributed by atoms with Gasteiger partial charge in [0.25, 0.3) is 0 Å². The highest BCUT2D eigenvalue weighted by Crippen LogP contribution is 2.46. The minimum absolute atomic E-state index is 0.195. The van der Waals surface area contributed by atoms with E-state index >= 15 is 0 Å². The fourth-order valence-corrected chi connectivity index (χ4v) is 3.70. The van der Waals surface area contributed by atoms with Gasteiger partial charge in [-0.1, -0.05) is 20.8 Å². The molecule has 0 spiro atoms. The van der Waals surface area contributed by atoms with Crippen molar-refractivity contribution in [2.75, 3.05) is 7.11 Å². The van der Waals surface area contributed by atoms with Gasteiger partial charge in [-0.25, -0.2) is 0 Å². The predicted molar refractivity (Wildman–Crippen MR) is 94.7 cm³/mol. The van der Waals surface area contributed by atoms with Crippen LogP contribution in [0.4, 0.5) is 0 Å². The third kappa shape index (κ3) is 4.03. The van der Waals surface area contributed by atoms with Crippen molar-refractivity contribution in [2.24, 2.45) is 0 Å². The van der Waals surface area contributed by atoms with Crippen LogP contribution in [0.5, 0.6) is 11.5 Å². The van der Waals surface area contributed by atoms with Gasteiger partial charge in [-0.3, -0.25) is 4.79 Å². The van der Waals surface area contributed by atoms with Gasteiger partial charge in [-0.2, -0.15) is 0 Å². The van der Waals surface area contributed by atoms with E-state index in [1.54, 1.807) is 0 Å². The predicted octanol–water partition coefficient (Wildman–Crippen LogP) is 4.68. The monoisotopic (exact) mass is 334 g/mol. The van der Waals surface area contributed by atoms with E-state index in [-0.39, 0.29) is 17.0 Å². The zero-order valence-corrected chi connectivity index (χ0v) is 15.7. The number of hydrogen-bond donors (Lipinski definition) is 1. The van der Waals surface area contributed by atoms with Gasteiger partial charge in [-0.15, -0.1) is 0 Å². The molecule has 1 aliphatic rings. The lowest BCUT2D eigenvalue weighted by atomic mass is 9.77. The van der Waals surface area contributed by atoms with E-state index in [2.05, 4.69) is 34.6 Å². The largest absolute Gasteiger partial charge is 0.508 e. The maximum absolute atomic E-state index is 11.3. The van der Waals surface area contributed by atoms with Gasteiger partial charge in [-0.05, 0) is 56.6 Å². The summed E-state index contributed by atoms with van der Waals surface area (Å²) in [6.45, 7) is 10.5. The van der Waals surface area contributed by atoms with E-state index in [1.165, 1.54) is 7.11 Å². The quantitative estimate of drug-likeness (QED) is 0.795. The van der Waals surface area contributed by atoms with Crippen molar-refractivity contribution in [3.05, 3.63) is 23.3 Å². The molecule has 0 saturated heterocycles. The lowest BCUT2D eigenvalue weighted by Gasteiger charge is -2.38. The van der Waals surface area contributed by atoms with Crippen LogP contribution in [0, 0.1) is 0 Å². The SMILES string of the molecule is COC(=O)CCCC(C)(C)c1cc2c(cc1O)C(C)CC(C)(C)O2. The zero-order chi connectivity index (χ0) is 18.1. The summed E-state index contributed by atoms with van der Waals surface area (Å²) in [5, 5.41) is 10.6. The van der Waals surface area contributed by atoms with Crippen molar-refractivity contribution in [1.82, 2.24) is 0 Å². The maximum atomic E-state index is 11.3. The molecule has 0 amide bonds. The topological polar surface area (TPSA) is 55.8 Å². The number of phenolic OH excluding ortho intramolecular Hbond substituents is 1. The number of aromatic hydroxyl groups is 1. The molecule has 1 unspecified atom stereocenters. The van der Waals surface area contributed by atoms with E-state index in [4.69, 9.17) is 9.47 Å². The van der Waals surface area contributed by atoms with E-state index in [0.29, 0.717) is 18.1 Å². The number of carbonyl (C=O) groups is 1. The minimum Gasteiger partial charge on any atom is -0.508 e. The van der Waals surface area contributed by atoms with Crippen LogP contribution in [-0.2, 0) is 14.9 Å². The average molecular weight is 334 g/mol. The van der Waals surface area contributed by atoms with Crippen LogP contribution in [0.3, 0.4) is 0 Å². The second-order valence-electron chi connectivity index (χ2n) is 8.19. The van der Waals surface area contributed by atoms with Crippen molar-refractivity contribution < 1.29 is 19.4 Å². The number of ether oxygens (including phenoxy) is 2. The molecular weight excluding hydrogens is 304 g/mol. The molecule has 134 valence electrons. The second kappa shape index (κ2) is 6.66. The summed E-state index contributed by atoms with van der Waals surface area (Å²) >= 11 is 0. The summed E-state index contributed by atoms with van der Waals surface area (Å²) in [4.78, 5) is 11.3. The Bertz CT molecular complexity index is 616.